The molecule has 3 rings (SSSR count). The molecule has 1 amide bonds. The van der Waals surface area contributed by atoms with E-state index < -0.39 is 21.7 Å². The molecule has 0 spiro atoms. The normalized spacial score (nSPS) is 11.2. The lowest BCUT2D eigenvalue weighted by atomic mass is 10.1. The first-order valence-electron chi connectivity index (χ1n) is 7.34. The number of halogens is 1. The van der Waals surface area contributed by atoms with E-state index in [1.165, 1.54) is 18.2 Å². The fraction of sp³-hybridized carbons (Fsp3) is 0.0625. The predicted octanol–water partition coefficient (Wildman–Crippen LogP) is 3.04. The summed E-state index contributed by atoms with van der Waals surface area (Å²) in [6.45, 7) is 1.85. The molecule has 0 aliphatic heterocycles. The van der Waals surface area contributed by atoms with Crippen molar-refractivity contribution < 1.29 is 17.6 Å². The fourth-order valence-electron chi connectivity index (χ4n) is 2.06. The Hall–Kier alpha value is -2.85. The second-order valence-electron chi connectivity index (χ2n) is 5.28. The molecule has 0 bridgehead atoms. The van der Waals surface area contributed by atoms with E-state index in [2.05, 4.69) is 20.2 Å². The third-order valence-electron chi connectivity index (χ3n) is 3.26. The molecule has 7 nitrogen and oxygen atoms in total. The Morgan fingerprint density at radius 1 is 1.12 bits per heavy atom. The molecule has 26 heavy (non-hydrogen) atoms. The molecule has 2 N–H and O–H groups in total. The number of hydrogen-bond acceptors (Lipinski definition) is 6. The van der Waals surface area contributed by atoms with Crippen molar-refractivity contribution in [2.75, 3.05) is 10.0 Å². The summed E-state index contributed by atoms with van der Waals surface area (Å²) in [4.78, 5) is 12.2. The summed E-state index contributed by atoms with van der Waals surface area (Å²) in [5.74, 6) is -1.15. The third kappa shape index (κ3) is 4.03. The lowest BCUT2D eigenvalue weighted by Crippen LogP contribution is -2.13. The number of anilines is 2. The Bertz CT molecular complexity index is 1070. The van der Waals surface area contributed by atoms with E-state index in [0.29, 0.717) is 16.9 Å². The minimum atomic E-state index is -4.12. The maximum Gasteiger partial charge on any atom is 0.291 e. The summed E-state index contributed by atoms with van der Waals surface area (Å²) in [6.07, 6.45) is 0. The molecule has 0 atom stereocenters. The predicted molar refractivity (Wildman–Crippen MR) is 96.2 cm³/mol. The minimum Gasteiger partial charge on any atom is -0.296 e. The van der Waals surface area contributed by atoms with Gasteiger partial charge in [-0.2, -0.15) is 8.42 Å². The molecular weight excluding hydrogens is 379 g/mol. The molecule has 0 fully saturated rings. The molecule has 0 saturated heterocycles. The number of carbonyl (C=O) groups is 1. The molecule has 0 saturated carbocycles. The lowest BCUT2D eigenvalue weighted by molar-refractivity contribution is 0.102. The third-order valence-corrected chi connectivity index (χ3v) is 5.83. The number of nitrogens with one attached hydrogen (secondary N) is 2. The van der Waals surface area contributed by atoms with Crippen LogP contribution in [0.2, 0.25) is 0 Å². The first-order chi connectivity index (χ1) is 12.3. The van der Waals surface area contributed by atoms with E-state index in [0.717, 1.165) is 11.6 Å². The Morgan fingerprint density at radius 2 is 1.88 bits per heavy atom. The first-order valence-corrected chi connectivity index (χ1v) is 9.64. The van der Waals surface area contributed by atoms with Crippen molar-refractivity contribution in [2.45, 2.75) is 11.3 Å². The van der Waals surface area contributed by atoms with E-state index >= 15 is 0 Å². The summed E-state index contributed by atoms with van der Waals surface area (Å²) in [7, 11) is -4.12. The van der Waals surface area contributed by atoms with Gasteiger partial charge in [-0.15, -0.1) is 10.2 Å². The molecule has 2 aromatic carbocycles. The Morgan fingerprint density at radius 3 is 2.62 bits per heavy atom. The number of amides is 1. The summed E-state index contributed by atoms with van der Waals surface area (Å²) < 4.78 is 39.9. The number of sulfonamides is 1. The van der Waals surface area contributed by atoms with Crippen LogP contribution in [-0.2, 0) is 10.0 Å². The number of aromatic nitrogens is 2. The van der Waals surface area contributed by atoms with Crippen LogP contribution >= 0.6 is 11.3 Å². The van der Waals surface area contributed by atoms with Crippen molar-refractivity contribution in [2.24, 2.45) is 0 Å². The van der Waals surface area contributed by atoms with Gasteiger partial charge in [0, 0.05) is 5.56 Å². The Kier molecular flexibility index (Phi) is 4.96. The summed E-state index contributed by atoms with van der Waals surface area (Å²) in [5.41, 5.74) is 1.12. The largest absolute Gasteiger partial charge is 0.296 e. The molecule has 0 unspecified atom stereocenters. The van der Waals surface area contributed by atoms with Crippen molar-refractivity contribution in [1.29, 1.82) is 0 Å². The number of carbonyl (C=O) groups excluding carboxylic acids is 1. The molecule has 1 heterocycles. The van der Waals surface area contributed by atoms with Crippen molar-refractivity contribution in [3.05, 3.63) is 65.5 Å². The average Bonchev–Trinajstić information content (AvgIpc) is 3.06. The molecule has 0 radical (unpaired) electrons. The standard InChI is InChI=1S/C16H13FN4O3S2/c1-10-5-4-6-11(9-10)14(22)18-15-19-20-16(25-15)26(23,24)21-13-8-3-2-7-12(13)17/h2-9,21H,1H3,(H,18,19,22). The lowest BCUT2D eigenvalue weighted by Gasteiger charge is -2.05. The van der Waals surface area contributed by atoms with Crippen molar-refractivity contribution in [1.82, 2.24) is 10.2 Å². The first kappa shape index (κ1) is 18.0. The summed E-state index contributed by atoms with van der Waals surface area (Å²) in [5, 5.41) is 9.73. The zero-order valence-corrected chi connectivity index (χ0v) is 15.1. The monoisotopic (exact) mass is 392 g/mol. The van der Waals surface area contributed by atoms with Gasteiger partial charge < -0.3 is 0 Å². The maximum absolute atomic E-state index is 13.6. The van der Waals surface area contributed by atoms with Crippen molar-refractivity contribution >= 4 is 38.1 Å². The van der Waals surface area contributed by atoms with Gasteiger partial charge in [-0.05, 0) is 31.2 Å². The van der Waals surface area contributed by atoms with Crippen molar-refractivity contribution in [3.63, 3.8) is 0 Å². The van der Waals surface area contributed by atoms with Crippen LogP contribution in [0.5, 0.6) is 0 Å². The van der Waals surface area contributed by atoms with Crippen LogP contribution in [0.15, 0.2) is 52.9 Å². The van der Waals surface area contributed by atoms with E-state index in [1.807, 2.05) is 13.0 Å². The molecule has 0 aliphatic rings. The van der Waals surface area contributed by atoms with Gasteiger partial charge in [-0.25, -0.2) is 4.39 Å². The van der Waals surface area contributed by atoms with E-state index in [1.54, 1.807) is 18.2 Å². The van der Waals surface area contributed by atoms with E-state index in [-0.39, 0.29) is 15.2 Å². The van der Waals surface area contributed by atoms with Gasteiger partial charge in [0.15, 0.2) is 0 Å². The number of nitrogens with zero attached hydrogens (tertiary/aromatic N) is 2. The van der Waals surface area contributed by atoms with Crippen LogP contribution in [0.25, 0.3) is 0 Å². The van der Waals surface area contributed by atoms with E-state index in [4.69, 9.17) is 0 Å². The second-order valence-corrected chi connectivity index (χ2v) is 8.12. The molecular formula is C16H13FN4O3S2. The van der Waals surface area contributed by atoms with Crippen LogP contribution in [0.1, 0.15) is 15.9 Å². The summed E-state index contributed by atoms with van der Waals surface area (Å²) in [6, 6.07) is 12.2. The Labute approximate surface area is 153 Å². The SMILES string of the molecule is Cc1cccc(C(=O)Nc2nnc(S(=O)(=O)Nc3ccccc3F)s2)c1. The topological polar surface area (TPSA) is 101 Å². The van der Waals surface area contributed by atoms with Crippen LogP contribution in [-0.4, -0.2) is 24.5 Å². The van der Waals surface area contributed by atoms with Crippen LogP contribution < -0.4 is 10.0 Å². The minimum absolute atomic E-state index is 0.0189. The highest BCUT2D eigenvalue weighted by Crippen LogP contribution is 2.24. The van der Waals surface area contributed by atoms with Gasteiger partial charge in [0.05, 0.1) is 5.69 Å². The quantitative estimate of drug-likeness (QED) is 0.650. The molecule has 10 heteroatoms. The zero-order chi connectivity index (χ0) is 18.7. The highest BCUT2D eigenvalue weighted by Gasteiger charge is 2.22. The Balaban J connectivity index is 1.77. The number of rotatable bonds is 5. The molecule has 134 valence electrons. The zero-order valence-electron chi connectivity index (χ0n) is 13.4. The maximum atomic E-state index is 13.6. The van der Waals surface area contributed by atoms with Crippen molar-refractivity contribution in [3.8, 4) is 0 Å². The number of aryl methyl sites for hydroxylation is 1. The van der Waals surface area contributed by atoms with Gasteiger partial charge >= 0.3 is 0 Å². The number of benzene rings is 2. The smallest absolute Gasteiger partial charge is 0.291 e. The molecule has 3 aromatic rings. The fourth-order valence-corrected chi connectivity index (χ4v) is 4.02. The van der Waals surface area contributed by atoms with Gasteiger partial charge in [-0.3, -0.25) is 14.8 Å². The van der Waals surface area contributed by atoms with E-state index in [9.17, 15) is 17.6 Å². The second kappa shape index (κ2) is 7.18. The molecule has 1 aromatic heterocycles. The summed E-state index contributed by atoms with van der Waals surface area (Å²) >= 11 is 0.665. The van der Waals surface area contributed by atoms with Gasteiger partial charge in [-0.1, -0.05) is 41.2 Å². The van der Waals surface area contributed by atoms with Gasteiger partial charge in [0.2, 0.25) is 5.13 Å². The number of para-hydroxylation sites is 1. The number of hydrogen-bond donors (Lipinski definition) is 2. The van der Waals surface area contributed by atoms with Crippen LogP contribution in [0.3, 0.4) is 0 Å². The van der Waals surface area contributed by atoms with Crippen LogP contribution in [0, 0.1) is 12.7 Å². The highest BCUT2D eigenvalue weighted by molar-refractivity contribution is 7.94. The van der Waals surface area contributed by atoms with Gasteiger partial charge in [0.1, 0.15) is 5.82 Å². The van der Waals surface area contributed by atoms with Gasteiger partial charge in [0.25, 0.3) is 20.3 Å². The van der Waals surface area contributed by atoms with Crippen LogP contribution in [0.4, 0.5) is 15.2 Å². The highest BCUT2D eigenvalue weighted by atomic mass is 32.2. The molecule has 0 aliphatic carbocycles. The average molecular weight is 392 g/mol.